The maximum absolute atomic E-state index is 12.5. The average Bonchev–Trinajstić information content (AvgIpc) is 3.43. The molecule has 77 heavy (non-hydrogen) atoms. The highest BCUT2D eigenvalue weighted by Gasteiger charge is 2.18. The molecule has 0 heterocycles. The van der Waals surface area contributed by atoms with Crippen LogP contribution in [-0.4, -0.2) is 47.4 Å². The monoisotopic (exact) mass is 1080 g/mol. The minimum atomic E-state index is -0.849. The summed E-state index contributed by atoms with van der Waals surface area (Å²) in [5.74, 6) is -0.0658. The van der Waals surface area contributed by atoms with Crippen molar-refractivity contribution < 1.29 is 24.5 Å². The highest BCUT2D eigenvalue weighted by atomic mass is 16.5. The lowest BCUT2D eigenvalue weighted by Gasteiger charge is -2.20. The summed E-state index contributed by atoms with van der Waals surface area (Å²) in [6.45, 7) is 4.90. The molecule has 0 bridgehead atoms. The van der Waals surface area contributed by atoms with E-state index in [1.54, 1.807) is 6.08 Å². The van der Waals surface area contributed by atoms with Crippen LogP contribution in [0.3, 0.4) is 0 Å². The Morgan fingerprint density at radius 2 is 0.649 bits per heavy atom. The van der Waals surface area contributed by atoms with E-state index in [1.165, 1.54) is 289 Å². The van der Waals surface area contributed by atoms with Crippen molar-refractivity contribution in [2.45, 2.75) is 379 Å². The molecule has 452 valence electrons. The van der Waals surface area contributed by atoms with E-state index >= 15 is 0 Å². The van der Waals surface area contributed by atoms with E-state index in [4.69, 9.17) is 4.74 Å². The molecule has 0 aliphatic rings. The number of aliphatic hydroxyl groups is 2. The summed E-state index contributed by atoms with van der Waals surface area (Å²) in [7, 11) is 0. The van der Waals surface area contributed by atoms with Gasteiger partial charge in [-0.3, -0.25) is 9.59 Å². The highest BCUT2D eigenvalue weighted by molar-refractivity contribution is 5.76. The third-order valence-electron chi connectivity index (χ3n) is 15.8. The SMILES string of the molecule is CCCCC/C=C\C/C=C\CCCCCCCCCC(=O)OCCCCCCCCCCCCCC/C=C\CCCCCCCCCCC(=O)NC(CO)C(O)/C=C/CCCCCCCCCCCCCCCCCCC. The first-order chi connectivity index (χ1) is 38.0. The first kappa shape index (κ1) is 74.8. The van der Waals surface area contributed by atoms with Gasteiger partial charge in [-0.1, -0.05) is 313 Å². The lowest BCUT2D eigenvalue weighted by Crippen LogP contribution is -2.45. The Bertz CT molecular complexity index is 1290. The molecule has 1 amide bonds. The summed E-state index contributed by atoms with van der Waals surface area (Å²) in [5.41, 5.74) is 0. The van der Waals surface area contributed by atoms with Crippen LogP contribution in [0, 0.1) is 0 Å². The van der Waals surface area contributed by atoms with E-state index in [-0.39, 0.29) is 18.5 Å². The van der Waals surface area contributed by atoms with Gasteiger partial charge < -0.3 is 20.3 Å². The van der Waals surface area contributed by atoms with Crippen LogP contribution in [0.1, 0.15) is 367 Å². The van der Waals surface area contributed by atoms with Gasteiger partial charge in [-0.2, -0.15) is 0 Å². The molecule has 0 aromatic carbocycles. The zero-order chi connectivity index (χ0) is 55.7. The van der Waals surface area contributed by atoms with Crippen LogP contribution in [0.25, 0.3) is 0 Å². The number of aliphatic hydroxyl groups excluding tert-OH is 2. The molecule has 0 aliphatic heterocycles. The van der Waals surface area contributed by atoms with Gasteiger partial charge in [0, 0.05) is 12.8 Å². The molecule has 6 nitrogen and oxygen atoms in total. The second-order valence-electron chi connectivity index (χ2n) is 23.5. The normalized spacial score (nSPS) is 12.8. The summed E-state index contributed by atoms with van der Waals surface area (Å²) < 4.78 is 5.49. The standard InChI is InChI=1S/C71H133NO5/c1-3-5-7-9-11-13-15-17-19-21-28-32-35-39-43-47-51-55-59-63-69(74)68(67-73)72-70(75)64-60-56-52-48-44-40-36-33-29-26-24-22-23-25-27-30-34-38-42-46-50-54-58-62-66-77-71(76)65-61-57-53-49-45-41-37-31-20-18-16-14-12-10-8-6-4-2/h12,14,18,20,24,26,59,63,68-69,73-74H,3-11,13,15-17,19,21-23,25,27-58,60-62,64-67H2,1-2H3,(H,72,75)/b14-12-,20-18-,26-24-,63-59+. The fourth-order valence-electron chi connectivity index (χ4n) is 10.5. The van der Waals surface area contributed by atoms with Crippen LogP contribution in [-0.2, 0) is 14.3 Å². The number of carbonyl (C=O) groups excluding carboxylic acids is 2. The van der Waals surface area contributed by atoms with Crippen LogP contribution in [0.2, 0.25) is 0 Å². The van der Waals surface area contributed by atoms with E-state index in [0.29, 0.717) is 19.4 Å². The Morgan fingerprint density at radius 3 is 1.03 bits per heavy atom. The summed E-state index contributed by atoms with van der Waals surface area (Å²) in [5, 5.41) is 23.2. The highest BCUT2D eigenvalue weighted by Crippen LogP contribution is 2.18. The fraction of sp³-hybridized carbons (Fsp3) is 0.859. The number of unbranched alkanes of at least 4 members (excludes halogenated alkanes) is 47. The van der Waals surface area contributed by atoms with E-state index in [9.17, 15) is 19.8 Å². The number of amides is 1. The van der Waals surface area contributed by atoms with Crippen LogP contribution >= 0.6 is 0 Å². The summed E-state index contributed by atoms with van der Waals surface area (Å²) in [6.07, 6.45) is 86.0. The van der Waals surface area contributed by atoms with Crippen molar-refractivity contribution in [3.63, 3.8) is 0 Å². The van der Waals surface area contributed by atoms with Gasteiger partial charge in [0.05, 0.1) is 25.4 Å². The van der Waals surface area contributed by atoms with Crippen molar-refractivity contribution in [1.29, 1.82) is 0 Å². The first-order valence-electron chi connectivity index (χ1n) is 34.4. The summed E-state index contributed by atoms with van der Waals surface area (Å²) in [6, 6.07) is -0.633. The molecule has 0 saturated carbocycles. The zero-order valence-corrected chi connectivity index (χ0v) is 51.7. The van der Waals surface area contributed by atoms with E-state index < -0.39 is 12.1 Å². The Kier molecular flexibility index (Phi) is 64.5. The summed E-state index contributed by atoms with van der Waals surface area (Å²) >= 11 is 0. The van der Waals surface area contributed by atoms with Crippen LogP contribution in [0.5, 0.6) is 0 Å². The van der Waals surface area contributed by atoms with Gasteiger partial charge >= 0.3 is 5.97 Å². The van der Waals surface area contributed by atoms with Crippen molar-refractivity contribution in [2.24, 2.45) is 0 Å². The predicted molar refractivity (Wildman–Crippen MR) is 338 cm³/mol. The van der Waals surface area contributed by atoms with Crippen molar-refractivity contribution >= 4 is 11.9 Å². The number of hydrogen-bond acceptors (Lipinski definition) is 5. The molecule has 0 spiro atoms. The van der Waals surface area contributed by atoms with Crippen LogP contribution < -0.4 is 5.32 Å². The number of esters is 1. The molecule has 2 unspecified atom stereocenters. The number of hydrogen-bond donors (Lipinski definition) is 3. The van der Waals surface area contributed by atoms with Crippen molar-refractivity contribution in [3.8, 4) is 0 Å². The molecule has 2 atom stereocenters. The van der Waals surface area contributed by atoms with Gasteiger partial charge in [-0.15, -0.1) is 0 Å². The molecule has 6 heteroatoms. The van der Waals surface area contributed by atoms with Gasteiger partial charge in [0.2, 0.25) is 5.91 Å². The number of ether oxygens (including phenoxy) is 1. The third-order valence-corrected chi connectivity index (χ3v) is 15.8. The smallest absolute Gasteiger partial charge is 0.305 e. The predicted octanol–water partition coefficient (Wildman–Crippen LogP) is 22.1. The Morgan fingerprint density at radius 1 is 0.364 bits per heavy atom. The van der Waals surface area contributed by atoms with Crippen LogP contribution in [0.4, 0.5) is 0 Å². The third kappa shape index (κ3) is 62.9. The lowest BCUT2D eigenvalue weighted by atomic mass is 10.0. The second-order valence-corrected chi connectivity index (χ2v) is 23.5. The molecule has 0 fully saturated rings. The molecule has 0 aromatic rings. The van der Waals surface area contributed by atoms with Gasteiger partial charge in [0.15, 0.2) is 0 Å². The summed E-state index contributed by atoms with van der Waals surface area (Å²) in [4.78, 5) is 24.6. The van der Waals surface area contributed by atoms with Gasteiger partial charge in [-0.25, -0.2) is 0 Å². The quantitative estimate of drug-likeness (QED) is 0.0320. The maximum Gasteiger partial charge on any atom is 0.305 e. The largest absolute Gasteiger partial charge is 0.466 e. The van der Waals surface area contributed by atoms with Crippen LogP contribution in [0.15, 0.2) is 48.6 Å². The number of nitrogens with one attached hydrogen (secondary N) is 1. The first-order valence-corrected chi connectivity index (χ1v) is 34.4. The Hall–Kier alpha value is -2.18. The van der Waals surface area contributed by atoms with E-state index in [2.05, 4.69) is 55.6 Å². The van der Waals surface area contributed by atoms with Gasteiger partial charge in [-0.05, 0) is 89.9 Å². The van der Waals surface area contributed by atoms with Crippen molar-refractivity contribution in [2.75, 3.05) is 13.2 Å². The molecule has 0 rings (SSSR count). The molecule has 0 aliphatic carbocycles. The van der Waals surface area contributed by atoms with Gasteiger partial charge in [0.1, 0.15) is 0 Å². The van der Waals surface area contributed by atoms with Gasteiger partial charge in [0.25, 0.3) is 0 Å². The fourth-order valence-corrected chi connectivity index (χ4v) is 10.5. The maximum atomic E-state index is 12.5. The molecule has 0 saturated heterocycles. The zero-order valence-electron chi connectivity index (χ0n) is 51.7. The number of allylic oxidation sites excluding steroid dienone is 7. The second kappa shape index (κ2) is 66.3. The Labute approximate surface area is 480 Å². The minimum absolute atomic E-state index is 0.00440. The van der Waals surface area contributed by atoms with Crippen molar-refractivity contribution in [3.05, 3.63) is 48.6 Å². The molecular formula is C71H133NO5. The van der Waals surface area contributed by atoms with Crippen molar-refractivity contribution in [1.82, 2.24) is 5.32 Å². The Balaban J connectivity index is 3.43. The van der Waals surface area contributed by atoms with E-state index in [0.717, 1.165) is 51.4 Å². The van der Waals surface area contributed by atoms with E-state index in [1.807, 2.05) is 6.08 Å². The molecular weight excluding hydrogens is 947 g/mol. The number of carbonyl (C=O) groups is 2. The molecule has 0 radical (unpaired) electrons. The topological polar surface area (TPSA) is 95.9 Å². The lowest BCUT2D eigenvalue weighted by molar-refractivity contribution is -0.143. The minimum Gasteiger partial charge on any atom is -0.466 e. The molecule has 0 aromatic heterocycles. The molecule has 3 N–H and O–H groups in total. The average molecular weight is 1080 g/mol. The number of rotatable bonds is 64.